The zero-order chi connectivity index (χ0) is 11.2. The molecule has 1 aromatic rings. The van der Waals surface area contributed by atoms with E-state index in [1.54, 1.807) is 6.07 Å². The molecule has 0 heterocycles. The Labute approximate surface area is 92.6 Å². The Balaban J connectivity index is 2.78. The molecule has 1 aromatic carbocycles. The fraction of sp³-hybridized carbons (Fsp3) is 0.167. The number of carbonyl (C=O) groups is 2. The fourth-order valence-corrected chi connectivity index (χ4v) is 2.03. The van der Waals surface area contributed by atoms with Gasteiger partial charge in [-0.2, -0.15) is 0 Å². The molecule has 1 aliphatic rings. The lowest BCUT2D eigenvalue weighted by molar-refractivity contribution is 0.0990. The molecular weight excluding hydrogens is 212 g/mol. The van der Waals surface area contributed by atoms with Gasteiger partial charge in [-0.25, -0.2) is 0 Å². The lowest BCUT2D eigenvalue weighted by Crippen LogP contribution is -2.16. The van der Waals surface area contributed by atoms with Crippen LogP contribution in [0, 0.1) is 13.8 Å². The molecule has 0 N–H and O–H groups in total. The van der Waals surface area contributed by atoms with Crippen LogP contribution in [0.1, 0.15) is 31.8 Å². The number of benzene rings is 1. The maximum absolute atomic E-state index is 11.7. The summed E-state index contributed by atoms with van der Waals surface area (Å²) >= 11 is 5.69. The molecule has 0 unspecified atom stereocenters. The van der Waals surface area contributed by atoms with E-state index in [9.17, 15) is 9.59 Å². The number of hydrogen-bond acceptors (Lipinski definition) is 2. The van der Waals surface area contributed by atoms with Crippen molar-refractivity contribution in [2.45, 2.75) is 13.8 Å². The smallest absolute Gasteiger partial charge is 0.205 e. The van der Waals surface area contributed by atoms with Gasteiger partial charge >= 0.3 is 0 Å². The van der Waals surface area contributed by atoms with E-state index in [1.807, 2.05) is 19.9 Å². The van der Waals surface area contributed by atoms with E-state index in [2.05, 4.69) is 0 Å². The second-order valence-corrected chi connectivity index (χ2v) is 4.10. The number of halogens is 1. The molecule has 0 atom stereocenters. The molecule has 2 nitrogen and oxygen atoms in total. The number of Topliss-reactive ketones (excluding diaryl/α,β-unsaturated/α-hetero) is 1. The van der Waals surface area contributed by atoms with Crippen LogP contribution in [0.2, 0.25) is 0 Å². The molecule has 1 aliphatic carbocycles. The molecule has 15 heavy (non-hydrogen) atoms. The molecule has 0 radical (unpaired) electrons. The number of allylic oxidation sites excluding steroid dienone is 2. The van der Waals surface area contributed by atoms with Gasteiger partial charge < -0.3 is 0 Å². The van der Waals surface area contributed by atoms with Gasteiger partial charge in [-0.15, -0.1) is 0 Å². The first-order valence-electron chi connectivity index (χ1n) is 4.58. The third-order valence-corrected chi connectivity index (χ3v) is 2.73. The van der Waals surface area contributed by atoms with Crippen molar-refractivity contribution in [2.75, 3.05) is 0 Å². The number of fused-ring (bicyclic) bond motifs is 1. The highest BCUT2D eigenvalue weighted by molar-refractivity contribution is 6.49. The summed E-state index contributed by atoms with van der Waals surface area (Å²) < 4.78 is 0. The molecular formula is C12H9ClO2. The van der Waals surface area contributed by atoms with Gasteiger partial charge in [-0.1, -0.05) is 23.2 Å². The highest BCUT2D eigenvalue weighted by Gasteiger charge is 2.26. The Morgan fingerprint density at radius 3 is 2.47 bits per heavy atom. The minimum Gasteiger partial charge on any atom is -0.289 e. The zero-order valence-electron chi connectivity index (χ0n) is 8.43. The third kappa shape index (κ3) is 1.51. The molecule has 0 aliphatic heterocycles. The van der Waals surface area contributed by atoms with Crippen LogP contribution in [-0.4, -0.2) is 11.6 Å². The fourth-order valence-electron chi connectivity index (χ4n) is 1.84. The molecule has 3 heteroatoms. The van der Waals surface area contributed by atoms with Crippen LogP contribution in [-0.2, 0) is 0 Å². The normalized spacial score (nSPS) is 15.0. The summed E-state index contributed by atoms with van der Waals surface area (Å²) in [6.07, 6.45) is 1.19. The Morgan fingerprint density at radius 1 is 1.13 bits per heavy atom. The Hall–Kier alpha value is -1.41. The van der Waals surface area contributed by atoms with E-state index in [0.29, 0.717) is 11.1 Å². The molecule has 0 bridgehead atoms. The van der Waals surface area contributed by atoms with Crippen LogP contribution in [0.5, 0.6) is 0 Å². The van der Waals surface area contributed by atoms with Crippen LogP contribution in [0.3, 0.4) is 0 Å². The van der Waals surface area contributed by atoms with Crippen LogP contribution < -0.4 is 0 Å². The quantitative estimate of drug-likeness (QED) is 0.674. The van der Waals surface area contributed by atoms with E-state index in [-0.39, 0.29) is 16.6 Å². The number of hydrogen-bond donors (Lipinski definition) is 0. The van der Waals surface area contributed by atoms with Crippen molar-refractivity contribution in [1.29, 1.82) is 0 Å². The van der Waals surface area contributed by atoms with Crippen molar-refractivity contribution >= 4 is 23.2 Å². The maximum Gasteiger partial charge on any atom is 0.205 e. The lowest BCUT2D eigenvalue weighted by Gasteiger charge is -2.14. The summed E-state index contributed by atoms with van der Waals surface area (Å²) in [5.74, 6) is -0.454. The molecule has 0 aromatic heterocycles. The van der Waals surface area contributed by atoms with Gasteiger partial charge in [-0.3, -0.25) is 9.59 Å². The molecule has 0 spiro atoms. The maximum atomic E-state index is 11.7. The Morgan fingerprint density at radius 2 is 1.80 bits per heavy atom. The second kappa shape index (κ2) is 3.31. The minimum atomic E-state index is -0.260. The summed E-state index contributed by atoms with van der Waals surface area (Å²) in [6, 6.07) is 3.60. The van der Waals surface area contributed by atoms with Gasteiger partial charge in [0.15, 0.2) is 5.78 Å². The first kappa shape index (κ1) is 10.1. The van der Waals surface area contributed by atoms with Gasteiger partial charge in [0.1, 0.15) is 0 Å². The summed E-state index contributed by atoms with van der Waals surface area (Å²) in [4.78, 5) is 23.4. The Kier molecular flexibility index (Phi) is 2.24. The predicted octanol–water partition coefficient (Wildman–Crippen LogP) is 2.81. The summed E-state index contributed by atoms with van der Waals surface area (Å²) in [5.41, 5.74) is 2.67. The van der Waals surface area contributed by atoms with Crippen molar-refractivity contribution in [3.05, 3.63) is 45.5 Å². The number of ketones is 2. The standard InChI is InChI=1S/C12H9ClO2/c1-6-3-7(2)11-8(4-6)10(14)5-9(13)12(11)15/h3-5H,1-2H3. The van der Waals surface area contributed by atoms with Crippen molar-refractivity contribution < 1.29 is 9.59 Å². The highest BCUT2D eigenvalue weighted by atomic mass is 35.5. The zero-order valence-corrected chi connectivity index (χ0v) is 9.18. The van der Waals surface area contributed by atoms with Crippen molar-refractivity contribution in [3.63, 3.8) is 0 Å². The summed E-state index contributed by atoms with van der Waals surface area (Å²) in [5, 5.41) is -0.000506. The minimum absolute atomic E-state index is 0.000506. The second-order valence-electron chi connectivity index (χ2n) is 3.69. The van der Waals surface area contributed by atoms with Crippen LogP contribution in [0.25, 0.3) is 0 Å². The van der Waals surface area contributed by atoms with Gasteiger partial charge in [0.2, 0.25) is 5.78 Å². The van der Waals surface area contributed by atoms with Gasteiger partial charge in [0.25, 0.3) is 0 Å². The topological polar surface area (TPSA) is 34.1 Å². The number of rotatable bonds is 0. The molecule has 2 rings (SSSR count). The van der Waals surface area contributed by atoms with E-state index in [0.717, 1.165) is 11.1 Å². The monoisotopic (exact) mass is 220 g/mol. The largest absolute Gasteiger partial charge is 0.289 e. The van der Waals surface area contributed by atoms with Crippen LogP contribution >= 0.6 is 11.6 Å². The molecule has 76 valence electrons. The summed E-state index contributed by atoms with van der Waals surface area (Å²) in [7, 11) is 0. The summed E-state index contributed by atoms with van der Waals surface area (Å²) in [6.45, 7) is 3.71. The Bertz CT molecular complexity index is 513. The first-order valence-corrected chi connectivity index (χ1v) is 4.96. The average Bonchev–Trinajstić information content (AvgIpc) is 2.13. The van der Waals surface area contributed by atoms with Crippen LogP contribution in [0.4, 0.5) is 0 Å². The molecule has 0 saturated carbocycles. The third-order valence-electron chi connectivity index (χ3n) is 2.45. The van der Waals surface area contributed by atoms with Gasteiger partial charge in [0.05, 0.1) is 5.03 Å². The van der Waals surface area contributed by atoms with Crippen molar-refractivity contribution in [2.24, 2.45) is 0 Å². The van der Waals surface area contributed by atoms with E-state index in [4.69, 9.17) is 11.6 Å². The number of carbonyl (C=O) groups excluding carboxylic acids is 2. The highest BCUT2D eigenvalue weighted by Crippen LogP contribution is 2.27. The van der Waals surface area contributed by atoms with Crippen molar-refractivity contribution in [3.8, 4) is 0 Å². The molecule has 0 saturated heterocycles. The first-order chi connectivity index (χ1) is 7.00. The van der Waals surface area contributed by atoms with Crippen LogP contribution in [0.15, 0.2) is 23.2 Å². The molecule has 0 fully saturated rings. The van der Waals surface area contributed by atoms with Gasteiger partial charge in [-0.05, 0) is 25.5 Å². The lowest BCUT2D eigenvalue weighted by atomic mass is 9.89. The van der Waals surface area contributed by atoms with Gasteiger partial charge in [0, 0.05) is 17.2 Å². The average molecular weight is 221 g/mol. The van der Waals surface area contributed by atoms with Crippen molar-refractivity contribution in [1.82, 2.24) is 0 Å². The SMILES string of the molecule is Cc1cc(C)c2c(c1)C(=O)C=C(Cl)C2=O. The predicted molar refractivity (Wildman–Crippen MR) is 58.5 cm³/mol. The van der Waals surface area contributed by atoms with E-state index < -0.39 is 0 Å². The van der Waals surface area contributed by atoms with E-state index >= 15 is 0 Å². The number of aryl methyl sites for hydroxylation is 2. The molecule has 0 amide bonds. The van der Waals surface area contributed by atoms with E-state index in [1.165, 1.54) is 6.08 Å².